The van der Waals surface area contributed by atoms with Crippen LogP contribution in [-0.4, -0.2) is 29.1 Å². The summed E-state index contributed by atoms with van der Waals surface area (Å²) in [6, 6.07) is 3.71. The fraction of sp³-hybridized carbons (Fsp3) is 0.231. The molecule has 1 N–H and O–H groups in total. The highest BCUT2D eigenvalue weighted by Gasteiger charge is 2.02. The zero-order valence-corrected chi connectivity index (χ0v) is 9.84. The van der Waals surface area contributed by atoms with Gasteiger partial charge in [0.25, 0.3) is 0 Å². The number of aromatic nitrogens is 1. The summed E-state index contributed by atoms with van der Waals surface area (Å²) in [4.78, 5) is 16.7. The van der Waals surface area contributed by atoms with E-state index in [9.17, 15) is 4.79 Å². The molecule has 0 radical (unpaired) electrons. The average Bonchev–Trinajstić information content (AvgIpc) is 2.34. The maximum absolute atomic E-state index is 10.4. The first-order valence-corrected chi connectivity index (χ1v) is 5.40. The second-order valence-electron chi connectivity index (χ2n) is 3.45. The number of likely N-dealkylation sites (N-methyl/N-ethyl adjacent to an activating group) is 1. The molecule has 0 aliphatic rings. The Labute approximate surface area is 101 Å². The van der Waals surface area contributed by atoms with Crippen LogP contribution in [0.25, 0.3) is 6.08 Å². The van der Waals surface area contributed by atoms with E-state index in [0.29, 0.717) is 0 Å². The molecule has 1 aromatic rings. The van der Waals surface area contributed by atoms with Crippen LogP contribution < -0.4 is 4.90 Å². The number of hydrogen-bond acceptors (Lipinski definition) is 3. The summed E-state index contributed by atoms with van der Waals surface area (Å²) in [6.07, 6.45) is 6.09. The number of hydrogen-bond donors (Lipinski definition) is 1. The van der Waals surface area contributed by atoms with Crippen molar-refractivity contribution >= 4 is 17.9 Å². The van der Waals surface area contributed by atoms with Crippen LogP contribution in [0.15, 0.2) is 37.1 Å². The molecule has 1 aromatic heterocycles. The number of carbonyl (C=O) groups is 1. The van der Waals surface area contributed by atoms with Crippen LogP contribution in [0.5, 0.6) is 0 Å². The van der Waals surface area contributed by atoms with Crippen molar-refractivity contribution in [3.05, 3.63) is 42.6 Å². The summed E-state index contributed by atoms with van der Waals surface area (Å²) in [5.74, 6) is -0.101. The molecule has 4 nitrogen and oxygen atoms in total. The quantitative estimate of drug-likeness (QED) is 0.603. The minimum Gasteiger partial charge on any atom is -0.478 e. The van der Waals surface area contributed by atoms with Gasteiger partial charge in [0.15, 0.2) is 0 Å². The number of nitrogens with zero attached hydrogens (tertiary/aromatic N) is 2. The van der Waals surface area contributed by atoms with Crippen LogP contribution >= 0.6 is 0 Å². The molecule has 0 fully saturated rings. The van der Waals surface area contributed by atoms with Crippen LogP contribution in [0, 0.1) is 0 Å². The Hall–Kier alpha value is -2.10. The third kappa shape index (κ3) is 4.10. The number of pyridine rings is 1. The lowest BCUT2D eigenvalue weighted by molar-refractivity contribution is -0.131. The van der Waals surface area contributed by atoms with Crippen molar-refractivity contribution in [1.29, 1.82) is 0 Å². The molecule has 0 aliphatic carbocycles. The Balaban J connectivity index is 2.79. The molecular formula is C13H16N2O2. The molecule has 0 spiro atoms. The van der Waals surface area contributed by atoms with Gasteiger partial charge in [-0.05, 0) is 30.7 Å². The summed E-state index contributed by atoms with van der Waals surface area (Å²) in [5.41, 5.74) is 0.769. The van der Waals surface area contributed by atoms with Crippen LogP contribution in [0.4, 0.5) is 5.82 Å². The minimum atomic E-state index is -0.962. The SMILES string of the molecule is C=CCN(CC)c1ccc(/C=C/C(=O)O)cn1. The monoisotopic (exact) mass is 232 g/mol. The van der Waals surface area contributed by atoms with Gasteiger partial charge in [-0.15, -0.1) is 6.58 Å². The van der Waals surface area contributed by atoms with Crippen LogP contribution in [0.1, 0.15) is 12.5 Å². The fourth-order valence-electron chi connectivity index (χ4n) is 1.39. The van der Waals surface area contributed by atoms with Crippen molar-refractivity contribution in [2.24, 2.45) is 0 Å². The van der Waals surface area contributed by atoms with Gasteiger partial charge in [0, 0.05) is 25.4 Å². The number of rotatable bonds is 6. The van der Waals surface area contributed by atoms with E-state index in [2.05, 4.69) is 16.5 Å². The Morgan fingerprint density at radius 3 is 2.82 bits per heavy atom. The number of carboxylic acids is 1. The molecule has 1 heterocycles. The molecule has 0 amide bonds. The van der Waals surface area contributed by atoms with Gasteiger partial charge in [-0.1, -0.05) is 6.08 Å². The molecule has 0 aromatic carbocycles. The summed E-state index contributed by atoms with van der Waals surface area (Å²) in [6.45, 7) is 7.33. The molecule has 0 unspecified atom stereocenters. The second-order valence-corrected chi connectivity index (χ2v) is 3.45. The maximum Gasteiger partial charge on any atom is 0.328 e. The van der Waals surface area contributed by atoms with Crippen molar-refractivity contribution in [3.63, 3.8) is 0 Å². The van der Waals surface area contributed by atoms with E-state index in [1.165, 1.54) is 6.08 Å². The maximum atomic E-state index is 10.4. The predicted molar refractivity (Wildman–Crippen MR) is 69.0 cm³/mol. The van der Waals surface area contributed by atoms with Crippen LogP contribution in [0.2, 0.25) is 0 Å². The normalized spacial score (nSPS) is 10.4. The minimum absolute atomic E-state index is 0.744. The first-order valence-electron chi connectivity index (χ1n) is 5.40. The topological polar surface area (TPSA) is 53.4 Å². The molecule has 0 saturated carbocycles. The third-order valence-electron chi connectivity index (χ3n) is 2.24. The Morgan fingerprint density at radius 1 is 1.59 bits per heavy atom. The van der Waals surface area contributed by atoms with E-state index in [-0.39, 0.29) is 0 Å². The fourth-order valence-corrected chi connectivity index (χ4v) is 1.39. The molecule has 0 aliphatic heterocycles. The first kappa shape index (κ1) is 13.0. The first-order chi connectivity index (χ1) is 8.17. The highest BCUT2D eigenvalue weighted by molar-refractivity contribution is 5.85. The van der Waals surface area contributed by atoms with Crippen LogP contribution in [-0.2, 0) is 4.79 Å². The zero-order valence-electron chi connectivity index (χ0n) is 9.84. The van der Waals surface area contributed by atoms with E-state index >= 15 is 0 Å². The average molecular weight is 232 g/mol. The van der Waals surface area contributed by atoms with Gasteiger partial charge in [-0.2, -0.15) is 0 Å². The predicted octanol–water partition coefficient (Wildman–Crippen LogP) is 2.19. The summed E-state index contributed by atoms with van der Waals surface area (Å²) >= 11 is 0. The number of aliphatic carboxylic acids is 1. The van der Waals surface area contributed by atoms with E-state index in [1.54, 1.807) is 6.20 Å². The zero-order chi connectivity index (χ0) is 12.7. The number of anilines is 1. The Morgan fingerprint density at radius 2 is 2.35 bits per heavy atom. The Bertz CT molecular complexity index is 410. The molecule has 0 atom stereocenters. The lowest BCUT2D eigenvalue weighted by atomic mass is 10.2. The third-order valence-corrected chi connectivity index (χ3v) is 2.24. The van der Waals surface area contributed by atoms with Crippen molar-refractivity contribution in [3.8, 4) is 0 Å². The Kier molecular flexibility index (Phi) is 4.94. The van der Waals surface area contributed by atoms with Gasteiger partial charge in [0.05, 0.1) is 0 Å². The van der Waals surface area contributed by atoms with Gasteiger partial charge in [0.2, 0.25) is 0 Å². The van der Waals surface area contributed by atoms with E-state index in [0.717, 1.165) is 30.5 Å². The standard InChI is InChI=1S/C13H16N2O2/c1-3-9-15(4-2)12-7-5-11(10-14-12)6-8-13(16)17/h3,5-8,10H,1,4,9H2,2H3,(H,16,17)/b8-6+. The largest absolute Gasteiger partial charge is 0.478 e. The van der Waals surface area contributed by atoms with Crippen molar-refractivity contribution in [2.45, 2.75) is 6.92 Å². The number of carboxylic acid groups (broad SMARTS) is 1. The molecule has 0 bridgehead atoms. The van der Waals surface area contributed by atoms with E-state index in [1.807, 2.05) is 25.1 Å². The van der Waals surface area contributed by atoms with Gasteiger partial charge in [0.1, 0.15) is 5.82 Å². The lowest BCUT2D eigenvalue weighted by Gasteiger charge is -2.19. The highest BCUT2D eigenvalue weighted by atomic mass is 16.4. The summed E-state index contributed by atoms with van der Waals surface area (Å²) in [5, 5.41) is 8.50. The summed E-state index contributed by atoms with van der Waals surface area (Å²) in [7, 11) is 0. The molecule has 17 heavy (non-hydrogen) atoms. The van der Waals surface area contributed by atoms with Gasteiger partial charge >= 0.3 is 5.97 Å². The van der Waals surface area contributed by atoms with Gasteiger partial charge in [-0.25, -0.2) is 9.78 Å². The summed E-state index contributed by atoms with van der Waals surface area (Å²) < 4.78 is 0. The van der Waals surface area contributed by atoms with Crippen molar-refractivity contribution < 1.29 is 9.90 Å². The van der Waals surface area contributed by atoms with Crippen LogP contribution in [0.3, 0.4) is 0 Å². The van der Waals surface area contributed by atoms with Crippen molar-refractivity contribution in [2.75, 3.05) is 18.0 Å². The lowest BCUT2D eigenvalue weighted by Crippen LogP contribution is -2.23. The van der Waals surface area contributed by atoms with Crippen molar-refractivity contribution in [1.82, 2.24) is 4.98 Å². The highest BCUT2D eigenvalue weighted by Crippen LogP contribution is 2.11. The molecule has 0 saturated heterocycles. The van der Waals surface area contributed by atoms with E-state index < -0.39 is 5.97 Å². The molecular weight excluding hydrogens is 216 g/mol. The smallest absolute Gasteiger partial charge is 0.328 e. The molecule has 4 heteroatoms. The molecule has 1 rings (SSSR count). The second kappa shape index (κ2) is 6.48. The van der Waals surface area contributed by atoms with Gasteiger partial charge < -0.3 is 10.0 Å². The van der Waals surface area contributed by atoms with Gasteiger partial charge in [-0.3, -0.25) is 0 Å². The van der Waals surface area contributed by atoms with E-state index in [4.69, 9.17) is 5.11 Å². The molecule has 90 valence electrons.